The molecule has 1 saturated carbocycles. The number of alkyl halides is 3. The molecule has 1 atom stereocenters. The van der Waals surface area contributed by atoms with Gasteiger partial charge in [-0.2, -0.15) is 13.2 Å². The third-order valence-electron chi connectivity index (χ3n) is 3.56. The quantitative estimate of drug-likeness (QED) is 0.909. The molecule has 2 N–H and O–H groups in total. The molecule has 0 amide bonds. The highest BCUT2D eigenvalue weighted by atomic mass is 79.9. The highest BCUT2D eigenvalue weighted by Crippen LogP contribution is 2.39. The molecule has 1 aliphatic rings. The Morgan fingerprint density at radius 2 is 2.05 bits per heavy atom. The van der Waals surface area contributed by atoms with Crippen LogP contribution in [-0.2, 0) is 6.18 Å². The Labute approximate surface area is 118 Å². The van der Waals surface area contributed by atoms with Gasteiger partial charge in [-0.1, -0.05) is 0 Å². The fourth-order valence-corrected chi connectivity index (χ4v) is 2.95. The van der Waals surface area contributed by atoms with Crippen LogP contribution < -0.4 is 10.6 Å². The summed E-state index contributed by atoms with van der Waals surface area (Å²) in [4.78, 5) is 1.97. The van der Waals surface area contributed by atoms with Crippen LogP contribution in [0.2, 0.25) is 0 Å². The Hall–Kier alpha value is -0.750. The zero-order valence-corrected chi connectivity index (χ0v) is 12.1. The van der Waals surface area contributed by atoms with Crippen LogP contribution >= 0.6 is 15.9 Å². The van der Waals surface area contributed by atoms with Crippen molar-refractivity contribution in [3.8, 4) is 0 Å². The van der Waals surface area contributed by atoms with E-state index in [1.165, 1.54) is 6.07 Å². The van der Waals surface area contributed by atoms with Crippen molar-refractivity contribution in [3.63, 3.8) is 0 Å². The Kier molecular flexibility index (Phi) is 4.11. The molecule has 19 heavy (non-hydrogen) atoms. The molecule has 2 rings (SSSR count). The van der Waals surface area contributed by atoms with Gasteiger partial charge in [0.15, 0.2) is 0 Å². The van der Waals surface area contributed by atoms with Crippen LogP contribution in [0, 0.1) is 5.92 Å². The fraction of sp³-hybridized carbons (Fsp3) is 0.538. The summed E-state index contributed by atoms with van der Waals surface area (Å²) in [6.07, 6.45) is -2.03. The predicted octanol–water partition coefficient (Wildman–Crippen LogP) is 3.64. The van der Waals surface area contributed by atoms with Crippen molar-refractivity contribution < 1.29 is 13.2 Å². The molecule has 1 aliphatic carbocycles. The minimum Gasteiger partial charge on any atom is -0.369 e. The average molecular weight is 337 g/mol. The van der Waals surface area contributed by atoms with Crippen LogP contribution in [0.1, 0.15) is 18.4 Å². The van der Waals surface area contributed by atoms with E-state index in [1.54, 1.807) is 0 Å². The summed E-state index contributed by atoms with van der Waals surface area (Å²) in [7, 11) is 1.88. The lowest BCUT2D eigenvalue weighted by atomic mass is 10.1. The number of anilines is 1. The molecular formula is C13H16BrF3N2. The number of rotatable bonds is 4. The van der Waals surface area contributed by atoms with E-state index in [0.29, 0.717) is 16.9 Å². The zero-order valence-electron chi connectivity index (χ0n) is 10.5. The highest BCUT2D eigenvalue weighted by molar-refractivity contribution is 9.10. The minimum absolute atomic E-state index is 0.188. The Morgan fingerprint density at radius 1 is 1.42 bits per heavy atom. The lowest BCUT2D eigenvalue weighted by Crippen LogP contribution is -2.39. The van der Waals surface area contributed by atoms with Gasteiger partial charge in [-0.05, 0) is 52.9 Å². The molecular weight excluding hydrogens is 321 g/mol. The van der Waals surface area contributed by atoms with Crippen LogP contribution in [0.4, 0.5) is 18.9 Å². The molecule has 0 bridgehead atoms. The predicted molar refractivity (Wildman–Crippen MR) is 73.1 cm³/mol. The number of nitrogens with zero attached hydrogens (tertiary/aromatic N) is 1. The van der Waals surface area contributed by atoms with Crippen LogP contribution in [0.5, 0.6) is 0 Å². The summed E-state index contributed by atoms with van der Waals surface area (Å²) in [5, 5.41) is 0. The van der Waals surface area contributed by atoms with Gasteiger partial charge < -0.3 is 10.6 Å². The van der Waals surface area contributed by atoms with Gasteiger partial charge in [-0.25, -0.2) is 0 Å². The SMILES string of the molecule is CN(c1ccc(C(F)(F)F)cc1Br)C(CN)C1CC1. The van der Waals surface area contributed by atoms with E-state index in [9.17, 15) is 13.2 Å². The van der Waals surface area contributed by atoms with E-state index in [0.717, 1.165) is 30.7 Å². The van der Waals surface area contributed by atoms with Gasteiger partial charge in [0.05, 0.1) is 11.3 Å². The maximum Gasteiger partial charge on any atom is 0.416 e. The van der Waals surface area contributed by atoms with Crippen molar-refractivity contribution in [1.29, 1.82) is 0 Å². The molecule has 1 aromatic carbocycles. The third-order valence-corrected chi connectivity index (χ3v) is 4.20. The molecule has 0 aliphatic heterocycles. The average Bonchev–Trinajstić information content (AvgIpc) is 3.13. The number of halogens is 4. The van der Waals surface area contributed by atoms with Crippen LogP contribution in [0.25, 0.3) is 0 Å². The van der Waals surface area contributed by atoms with E-state index in [4.69, 9.17) is 5.73 Å². The first-order valence-electron chi connectivity index (χ1n) is 6.14. The molecule has 0 spiro atoms. The number of likely N-dealkylation sites (N-methyl/N-ethyl adjacent to an activating group) is 1. The smallest absolute Gasteiger partial charge is 0.369 e. The fourth-order valence-electron chi connectivity index (χ4n) is 2.30. The Bertz CT molecular complexity index is 458. The minimum atomic E-state index is -4.32. The molecule has 1 fully saturated rings. The number of benzene rings is 1. The van der Waals surface area contributed by atoms with Gasteiger partial charge in [-0.15, -0.1) is 0 Å². The molecule has 6 heteroatoms. The maximum atomic E-state index is 12.6. The first kappa shape index (κ1) is 14.7. The van der Waals surface area contributed by atoms with E-state index in [-0.39, 0.29) is 6.04 Å². The molecule has 0 radical (unpaired) electrons. The summed E-state index contributed by atoms with van der Waals surface area (Å²) < 4.78 is 38.3. The third kappa shape index (κ3) is 3.23. The second-order valence-electron chi connectivity index (χ2n) is 4.92. The molecule has 0 aromatic heterocycles. The van der Waals surface area contributed by atoms with Crippen molar-refractivity contribution in [2.75, 3.05) is 18.5 Å². The topological polar surface area (TPSA) is 29.3 Å². The van der Waals surface area contributed by atoms with Gasteiger partial charge in [0.1, 0.15) is 0 Å². The van der Waals surface area contributed by atoms with Crippen LogP contribution in [0.3, 0.4) is 0 Å². The van der Waals surface area contributed by atoms with Gasteiger partial charge >= 0.3 is 6.18 Å². The zero-order chi connectivity index (χ0) is 14.2. The second kappa shape index (κ2) is 5.32. The summed E-state index contributed by atoms with van der Waals surface area (Å²) >= 11 is 3.22. The van der Waals surface area contributed by atoms with Gasteiger partial charge in [0.2, 0.25) is 0 Å². The van der Waals surface area contributed by atoms with Crippen molar-refractivity contribution in [1.82, 2.24) is 0 Å². The van der Waals surface area contributed by atoms with Gasteiger partial charge in [-0.3, -0.25) is 0 Å². The van der Waals surface area contributed by atoms with Crippen molar-refractivity contribution in [3.05, 3.63) is 28.2 Å². The van der Waals surface area contributed by atoms with Crippen LogP contribution in [-0.4, -0.2) is 19.6 Å². The van der Waals surface area contributed by atoms with E-state index in [2.05, 4.69) is 15.9 Å². The summed E-state index contributed by atoms with van der Waals surface area (Å²) in [5.74, 6) is 0.559. The Balaban J connectivity index is 2.25. The monoisotopic (exact) mass is 336 g/mol. The molecule has 1 unspecified atom stereocenters. The lowest BCUT2D eigenvalue weighted by Gasteiger charge is -2.30. The van der Waals surface area contributed by atoms with Crippen molar-refractivity contribution in [2.45, 2.75) is 25.1 Å². The van der Waals surface area contributed by atoms with E-state index < -0.39 is 11.7 Å². The molecule has 2 nitrogen and oxygen atoms in total. The summed E-state index contributed by atoms with van der Waals surface area (Å²) in [6, 6.07) is 3.91. The summed E-state index contributed by atoms with van der Waals surface area (Å²) in [6.45, 7) is 0.509. The Morgan fingerprint density at radius 3 is 2.47 bits per heavy atom. The number of hydrogen-bond donors (Lipinski definition) is 1. The van der Waals surface area contributed by atoms with E-state index >= 15 is 0 Å². The molecule has 0 heterocycles. The lowest BCUT2D eigenvalue weighted by molar-refractivity contribution is -0.137. The highest BCUT2D eigenvalue weighted by Gasteiger charge is 2.35. The standard InChI is InChI=1S/C13H16BrF3N2/c1-19(12(7-18)8-2-3-8)11-5-4-9(6-10(11)14)13(15,16)17/h4-6,8,12H,2-3,7,18H2,1H3. The van der Waals surface area contributed by atoms with Gasteiger partial charge in [0.25, 0.3) is 0 Å². The van der Waals surface area contributed by atoms with Crippen LogP contribution in [0.15, 0.2) is 22.7 Å². The van der Waals surface area contributed by atoms with Gasteiger partial charge in [0, 0.05) is 24.1 Å². The number of nitrogens with two attached hydrogens (primary N) is 1. The second-order valence-corrected chi connectivity index (χ2v) is 5.77. The number of hydrogen-bond acceptors (Lipinski definition) is 2. The summed E-state index contributed by atoms with van der Waals surface area (Å²) in [5.41, 5.74) is 5.86. The van der Waals surface area contributed by atoms with Crippen molar-refractivity contribution in [2.24, 2.45) is 11.7 Å². The maximum absolute atomic E-state index is 12.6. The largest absolute Gasteiger partial charge is 0.416 e. The normalized spacial score (nSPS) is 17.4. The van der Waals surface area contributed by atoms with Crippen molar-refractivity contribution >= 4 is 21.6 Å². The molecule has 0 saturated heterocycles. The molecule has 106 valence electrons. The first-order chi connectivity index (χ1) is 8.84. The van der Waals surface area contributed by atoms with E-state index in [1.807, 2.05) is 11.9 Å². The molecule has 1 aromatic rings. The first-order valence-corrected chi connectivity index (χ1v) is 6.93.